The third-order valence-corrected chi connectivity index (χ3v) is 2.23. The van der Waals surface area contributed by atoms with E-state index in [4.69, 9.17) is 21.1 Å². The van der Waals surface area contributed by atoms with Crippen LogP contribution in [0.5, 0.6) is 5.88 Å². The molecule has 0 saturated heterocycles. The molecule has 15 heavy (non-hydrogen) atoms. The molecule has 1 aromatic heterocycles. The maximum Gasteiger partial charge on any atom is 0.233 e. The first kappa shape index (κ1) is 12.2. The molecule has 0 atom stereocenters. The fraction of sp³-hybridized carbons (Fsp3) is 0.600. The number of hydrogen-bond acceptors (Lipinski definition) is 4. The Balaban J connectivity index is 2.51. The number of unbranched alkanes of at least 4 members (excludes halogenated alkanes) is 1. The van der Waals surface area contributed by atoms with Crippen molar-refractivity contribution in [1.82, 2.24) is 10.2 Å². The molecule has 0 radical (unpaired) electrons. The average molecular weight is 231 g/mol. The molecule has 0 aliphatic heterocycles. The van der Waals surface area contributed by atoms with Gasteiger partial charge in [0.25, 0.3) is 0 Å². The monoisotopic (exact) mass is 230 g/mol. The summed E-state index contributed by atoms with van der Waals surface area (Å²) in [6, 6.07) is 1.74. The van der Waals surface area contributed by atoms with Crippen molar-refractivity contribution in [2.75, 3.05) is 13.7 Å². The Morgan fingerprint density at radius 3 is 2.87 bits per heavy atom. The van der Waals surface area contributed by atoms with Crippen molar-refractivity contribution >= 4 is 11.6 Å². The van der Waals surface area contributed by atoms with E-state index in [-0.39, 0.29) is 0 Å². The molecular weight excluding hydrogens is 216 g/mol. The second-order valence-corrected chi connectivity index (χ2v) is 3.47. The van der Waals surface area contributed by atoms with Crippen molar-refractivity contribution in [2.45, 2.75) is 26.4 Å². The van der Waals surface area contributed by atoms with Gasteiger partial charge in [-0.05, 0) is 6.42 Å². The number of aromatic nitrogens is 2. The first-order valence-electron chi connectivity index (χ1n) is 4.91. The fourth-order valence-corrected chi connectivity index (χ4v) is 1.17. The van der Waals surface area contributed by atoms with Crippen LogP contribution in [-0.2, 0) is 11.3 Å². The van der Waals surface area contributed by atoms with Crippen LogP contribution in [0.15, 0.2) is 6.07 Å². The molecule has 0 aliphatic rings. The first-order valence-corrected chi connectivity index (χ1v) is 5.29. The van der Waals surface area contributed by atoms with Crippen molar-refractivity contribution in [3.63, 3.8) is 0 Å². The lowest BCUT2D eigenvalue weighted by molar-refractivity contribution is 0.117. The predicted molar refractivity (Wildman–Crippen MR) is 58.2 cm³/mol. The molecule has 1 rings (SSSR count). The van der Waals surface area contributed by atoms with E-state index in [1.54, 1.807) is 13.2 Å². The van der Waals surface area contributed by atoms with E-state index in [2.05, 4.69) is 17.1 Å². The van der Waals surface area contributed by atoms with Crippen LogP contribution in [0.3, 0.4) is 0 Å². The summed E-state index contributed by atoms with van der Waals surface area (Å²) in [4.78, 5) is 0. The standard InChI is InChI=1S/C10H15ClN2O2/c1-3-4-5-15-7-8-6-9(14-2)12-13-10(8)11/h6H,3-5,7H2,1-2H3. The van der Waals surface area contributed by atoms with Gasteiger partial charge in [-0.15, -0.1) is 10.2 Å². The van der Waals surface area contributed by atoms with E-state index < -0.39 is 0 Å². The van der Waals surface area contributed by atoms with Crippen molar-refractivity contribution in [2.24, 2.45) is 0 Å². The number of nitrogens with zero attached hydrogens (tertiary/aromatic N) is 2. The van der Waals surface area contributed by atoms with E-state index in [1.165, 1.54) is 0 Å². The predicted octanol–water partition coefficient (Wildman–Crippen LogP) is 2.46. The van der Waals surface area contributed by atoms with Crippen LogP contribution in [0.1, 0.15) is 25.3 Å². The van der Waals surface area contributed by atoms with Gasteiger partial charge in [0.1, 0.15) is 0 Å². The van der Waals surface area contributed by atoms with Crippen molar-refractivity contribution in [1.29, 1.82) is 0 Å². The van der Waals surface area contributed by atoms with Gasteiger partial charge in [0.2, 0.25) is 5.88 Å². The minimum atomic E-state index is 0.368. The number of methoxy groups -OCH3 is 1. The molecule has 5 heteroatoms. The second-order valence-electron chi connectivity index (χ2n) is 3.11. The van der Waals surface area contributed by atoms with E-state index >= 15 is 0 Å². The topological polar surface area (TPSA) is 44.2 Å². The molecule has 0 amide bonds. The molecule has 1 heterocycles. The van der Waals surface area contributed by atoms with Gasteiger partial charge in [-0.25, -0.2) is 0 Å². The molecule has 0 aliphatic carbocycles. The number of rotatable bonds is 6. The first-order chi connectivity index (χ1) is 7.27. The van der Waals surface area contributed by atoms with Gasteiger partial charge in [0.15, 0.2) is 5.15 Å². The van der Waals surface area contributed by atoms with Crippen LogP contribution >= 0.6 is 11.6 Å². The van der Waals surface area contributed by atoms with Crippen LogP contribution in [0.4, 0.5) is 0 Å². The lowest BCUT2D eigenvalue weighted by Gasteiger charge is -2.05. The maximum absolute atomic E-state index is 5.86. The smallest absolute Gasteiger partial charge is 0.233 e. The minimum absolute atomic E-state index is 0.368. The zero-order chi connectivity index (χ0) is 11.1. The summed E-state index contributed by atoms with van der Waals surface area (Å²) in [6.07, 6.45) is 2.17. The van der Waals surface area contributed by atoms with Crippen molar-refractivity contribution in [3.05, 3.63) is 16.8 Å². The molecular formula is C10H15ClN2O2. The van der Waals surface area contributed by atoms with Gasteiger partial charge < -0.3 is 9.47 Å². The Hall–Kier alpha value is -0.870. The highest BCUT2D eigenvalue weighted by Gasteiger charge is 2.05. The normalized spacial score (nSPS) is 10.3. The van der Waals surface area contributed by atoms with Gasteiger partial charge in [0.05, 0.1) is 13.7 Å². The summed E-state index contributed by atoms with van der Waals surface area (Å²) in [7, 11) is 1.54. The summed E-state index contributed by atoms with van der Waals surface area (Å²) in [5.74, 6) is 0.452. The van der Waals surface area contributed by atoms with Crippen LogP contribution in [-0.4, -0.2) is 23.9 Å². The average Bonchev–Trinajstić information content (AvgIpc) is 2.26. The van der Waals surface area contributed by atoms with E-state index in [0.717, 1.165) is 25.0 Å². The van der Waals surface area contributed by atoms with E-state index in [9.17, 15) is 0 Å². The second kappa shape index (κ2) is 6.58. The fourth-order valence-electron chi connectivity index (χ4n) is 1.02. The van der Waals surface area contributed by atoms with E-state index in [1.807, 2.05) is 0 Å². The largest absolute Gasteiger partial charge is 0.480 e. The number of ether oxygens (including phenoxy) is 2. The molecule has 4 nitrogen and oxygen atoms in total. The maximum atomic E-state index is 5.86. The van der Waals surface area contributed by atoms with E-state index in [0.29, 0.717) is 17.6 Å². The van der Waals surface area contributed by atoms with Gasteiger partial charge in [-0.2, -0.15) is 0 Å². The zero-order valence-electron chi connectivity index (χ0n) is 8.99. The van der Waals surface area contributed by atoms with Crippen molar-refractivity contribution in [3.8, 4) is 5.88 Å². The molecule has 0 spiro atoms. The minimum Gasteiger partial charge on any atom is -0.480 e. The lowest BCUT2D eigenvalue weighted by Crippen LogP contribution is -1.99. The summed E-state index contributed by atoms with van der Waals surface area (Å²) in [5, 5.41) is 7.87. The highest BCUT2D eigenvalue weighted by molar-refractivity contribution is 6.30. The Morgan fingerprint density at radius 2 is 2.20 bits per heavy atom. The molecule has 0 aromatic carbocycles. The molecule has 0 unspecified atom stereocenters. The third-order valence-electron chi connectivity index (χ3n) is 1.91. The lowest BCUT2D eigenvalue weighted by atomic mass is 10.3. The zero-order valence-corrected chi connectivity index (χ0v) is 9.75. The molecule has 1 aromatic rings. The highest BCUT2D eigenvalue weighted by atomic mass is 35.5. The number of hydrogen-bond donors (Lipinski definition) is 0. The van der Waals surface area contributed by atoms with Crippen molar-refractivity contribution < 1.29 is 9.47 Å². The van der Waals surface area contributed by atoms with Crippen LogP contribution in [0.25, 0.3) is 0 Å². The summed E-state index contributed by atoms with van der Waals surface area (Å²) in [6.45, 7) is 3.30. The summed E-state index contributed by atoms with van der Waals surface area (Å²) >= 11 is 5.86. The molecule has 0 N–H and O–H groups in total. The summed E-state index contributed by atoms with van der Waals surface area (Å²) in [5.41, 5.74) is 0.805. The quantitative estimate of drug-likeness (QED) is 0.705. The Bertz CT molecular complexity index is 307. The Labute approximate surface area is 94.6 Å². The molecule has 84 valence electrons. The summed E-state index contributed by atoms with van der Waals surface area (Å²) < 4.78 is 10.4. The Morgan fingerprint density at radius 1 is 1.40 bits per heavy atom. The van der Waals surface area contributed by atoms with Crippen LogP contribution < -0.4 is 4.74 Å². The van der Waals surface area contributed by atoms with Gasteiger partial charge in [-0.1, -0.05) is 24.9 Å². The van der Waals surface area contributed by atoms with Crippen LogP contribution in [0.2, 0.25) is 5.15 Å². The number of halogens is 1. The third kappa shape index (κ3) is 4.01. The molecule has 0 bridgehead atoms. The van der Waals surface area contributed by atoms with Gasteiger partial charge in [-0.3, -0.25) is 0 Å². The highest BCUT2D eigenvalue weighted by Crippen LogP contribution is 2.17. The van der Waals surface area contributed by atoms with Gasteiger partial charge in [0, 0.05) is 18.2 Å². The molecule has 0 fully saturated rings. The Kier molecular flexibility index (Phi) is 5.36. The SMILES string of the molecule is CCCCOCc1cc(OC)nnc1Cl. The molecule has 0 saturated carbocycles. The van der Waals surface area contributed by atoms with Gasteiger partial charge >= 0.3 is 0 Å². The van der Waals surface area contributed by atoms with Crippen LogP contribution in [0, 0.1) is 0 Å².